The Morgan fingerprint density at radius 1 is 1.33 bits per heavy atom. The first kappa shape index (κ1) is 15.8. The van der Waals surface area contributed by atoms with E-state index in [-0.39, 0.29) is 5.91 Å². The molecule has 2 rings (SSSR count). The molecular weight excluding hydrogens is 311 g/mol. The van der Waals surface area contributed by atoms with Crippen LogP contribution in [-0.2, 0) is 11.3 Å². The maximum Gasteiger partial charge on any atom is 0.225 e. The van der Waals surface area contributed by atoms with E-state index in [1.807, 2.05) is 6.07 Å². The van der Waals surface area contributed by atoms with Crippen LogP contribution in [0.5, 0.6) is 0 Å². The summed E-state index contributed by atoms with van der Waals surface area (Å²) < 4.78 is 1.68. The quantitative estimate of drug-likeness (QED) is 0.857. The predicted molar refractivity (Wildman–Crippen MR) is 84.7 cm³/mol. The van der Waals surface area contributed by atoms with E-state index in [0.29, 0.717) is 41.8 Å². The number of aromatic nitrogens is 2. The van der Waals surface area contributed by atoms with Crippen molar-refractivity contribution in [3.05, 3.63) is 46.1 Å². The summed E-state index contributed by atoms with van der Waals surface area (Å²) >= 11 is 12.0. The molecule has 0 fully saturated rings. The average molecular weight is 327 g/mol. The molecule has 0 atom stereocenters. The number of hydrogen-bond acceptors (Lipinski definition) is 3. The minimum atomic E-state index is -0.0793. The second-order valence-corrected chi connectivity index (χ2v) is 5.39. The van der Waals surface area contributed by atoms with Crippen molar-refractivity contribution in [3.8, 4) is 0 Å². The van der Waals surface area contributed by atoms with Crippen molar-refractivity contribution in [1.82, 2.24) is 9.78 Å². The van der Waals surface area contributed by atoms with Gasteiger partial charge < -0.3 is 11.1 Å². The van der Waals surface area contributed by atoms with Crippen LogP contribution in [-0.4, -0.2) is 22.2 Å². The summed E-state index contributed by atoms with van der Waals surface area (Å²) in [6.45, 7) is 0.947. The number of nitrogens with zero attached hydrogens (tertiary/aromatic N) is 2. The molecule has 1 amide bonds. The van der Waals surface area contributed by atoms with Gasteiger partial charge in [-0.3, -0.25) is 4.79 Å². The number of amides is 1. The van der Waals surface area contributed by atoms with E-state index in [2.05, 4.69) is 10.4 Å². The zero-order chi connectivity index (χ0) is 15.2. The Balaban J connectivity index is 2.08. The van der Waals surface area contributed by atoms with Crippen molar-refractivity contribution >= 4 is 34.9 Å². The van der Waals surface area contributed by atoms with Gasteiger partial charge in [0.1, 0.15) is 5.82 Å². The lowest BCUT2D eigenvalue weighted by atomic mass is 10.2. The molecule has 112 valence electrons. The molecule has 0 spiro atoms. The third-order valence-corrected chi connectivity index (χ3v) is 3.51. The van der Waals surface area contributed by atoms with Crippen LogP contribution >= 0.6 is 23.2 Å². The number of carbonyl (C=O) groups excluding carboxylic acids is 1. The van der Waals surface area contributed by atoms with Gasteiger partial charge in [0.25, 0.3) is 0 Å². The lowest BCUT2D eigenvalue weighted by molar-refractivity contribution is -0.116. The molecule has 0 aliphatic rings. The van der Waals surface area contributed by atoms with Gasteiger partial charge >= 0.3 is 0 Å². The highest BCUT2D eigenvalue weighted by Gasteiger charge is 2.09. The second-order valence-electron chi connectivity index (χ2n) is 4.55. The van der Waals surface area contributed by atoms with Crippen molar-refractivity contribution in [2.45, 2.75) is 19.4 Å². The zero-order valence-corrected chi connectivity index (χ0v) is 12.9. The van der Waals surface area contributed by atoms with E-state index < -0.39 is 0 Å². The van der Waals surface area contributed by atoms with Crippen LogP contribution in [0, 0.1) is 0 Å². The smallest absolute Gasteiger partial charge is 0.225 e. The Bertz CT molecular complexity index is 627. The standard InChI is InChI=1S/C14H16Cl2N4O/c15-11-4-3-10(12(16)8-11)9-20-13(5-7-18-20)19-14(21)2-1-6-17/h3-5,7-8H,1-2,6,9,17H2,(H,19,21). The highest BCUT2D eigenvalue weighted by atomic mass is 35.5. The lowest BCUT2D eigenvalue weighted by Crippen LogP contribution is -2.17. The minimum Gasteiger partial charge on any atom is -0.330 e. The summed E-state index contributed by atoms with van der Waals surface area (Å²) in [6.07, 6.45) is 2.68. The fourth-order valence-electron chi connectivity index (χ4n) is 1.84. The van der Waals surface area contributed by atoms with Crippen molar-refractivity contribution < 1.29 is 4.79 Å². The van der Waals surface area contributed by atoms with E-state index in [9.17, 15) is 4.79 Å². The first-order chi connectivity index (χ1) is 10.1. The van der Waals surface area contributed by atoms with E-state index in [1.54, 1.807) is 29.1 Å². The monoisotopic (exact) mass is 326 g/mol. The Kier molecular flexibility index (Phi) is 5.61. The van der Waals surface area contributed by atoms with Gasteiger partial charge in [-0.25, -0.2) is 4.68 Å². The molecule has 1 aromatic carbocycles. The van der Waals surface area contributed by atoms with Crippen LogP contribution in [0.2, 0.25) is 10.0 Å². The molecule has 21 heavy (non-hydrogen) atoms. The van der Waals surface area contributed by atoms with Gasteiger partial charge in [-0.15, -0.1) is 0 Å². The van der Waals surface area contributed by atoms with Crippen molar-refractivity contribution in [3.63, 3.8) is 0 Å². The van der Waals surface area contributed by atoms with Crippen molar-refractivity contribution in [2.75, 3.05) is 11.9 Å². The summed E-state index contributed by atoms with van der Waals surface area (Å²) in [5.74, 6) is 0.549. The Hall–Kier alpha value is -1.56. The molecule has 0 saturated heterocycles. The van der Waals surface area contributed by atoms with Crippen LogP contribution in [0.25, 0.3) is 0 Å². The highest BCUT2D eigenvalue weighted by molar-refractivity contribution is 6.35. The van der Waals surface area contributed by atoms with Crippen LogP contribution in [0.4, 0.5) is 5.82 Å². The summed E-state index contributed by atoms with van der Waals surface area (Å²) in [7, 11) is 0. The molecule has 0 bridgehead atoms. The van der Waals surface area contributed by atoms with E-state index in [4.69, 9.17) is 28.9 Å². The lowest BCUT2D eigenvalue weighted by Gasteiger charge is -2.10. The fraction of sp³-hybridized carbons (Fsp3) is 0.286. The fourth-order valence-corrected chi connectivity index (χ4v) is 2.31. The summed E-state index contributed by atoms with van der Waals surface area (Å²) in [5, 5.41) is 8.16. The normalized spacial score (nSPS) is 10.6. The zero-order valence-electron chi connectivity index (χ0n) is 11.4. The topological polar surface area (TPSA) is 72.9 Å². The maximum atomic E-state index is 11.7. The summed E-state index contributed by atoms with van der Waals surface area (Å²) in [6, 6.07) is 7.03. The van der Waals surface area contributed by atoms with Crippen LogP contribution in [0.3, 0.4) is 0 Å². The molecule has 0 aliphatic heterocycles. The Morgan fingerprint density at radius 2 is 2.14 bits per heavy atom. The van der Waals surface area contributed by atoms with Crippen LogP contribution < -0.4 is 11.1 Å². The van der Waals surface area contributed by atoms with E-state index >= 15 is 0 Å². The number of nitrogens with two attached hydrogens (primary N) is 1. The molecule has 0 saturated carbocycles. The molecule has 3 N–H and O–H groups in total. The first-order valence-electron chi connectivity index (χ1n) is 6.56. The van der Waals surface area contributed by atoms with Crippen LogP contribution in [0.15, 0.2) is 30.5 Å². The Morgan fingerprint density at radius 3 is 2.86 bits per heavy atom. The van der Waals surface area contributed by atoms with Crippen LogP contribution in [0.1, 0.15) is 18.4 Å². The number of carbonyl (C=O) groups is 1. The van der Waals surface area contributed by atoms with Gasteiger partial charge in [-0.1, -0.05) is 29.3 Å². The van der Waals surface area contributed by atoms with Crippen molar-refractivity contribution in [1.29, 1.82) is 0 Å². The first-order valence-corrected chi connectivity index (χ1v) is 7.31. The van der Waals surface area contributed by atoms with Gasteiger partial charge in [0.05, 0.1) is 12.7 Å². The molecule has 0 unspecified atom stereocenters. The number of anilines is 1. The molecule has 5 nitrogen and oxygen atoms in total. The Labute approximate surface area is 133 Å². The number of halogens is 2. The molecule has 0 radical (unpaired) electrons. The summed E-state index contributed by atoms with van der Waals surface area (Å²) in [4.78, 5) is 11.7. The molecule has 0 aliphatic carbocycles. The number of benzene rings is 1. The molecule has 1 heterocycles. The number of hydrogen-bond donors (Lipinski definition) is 2. The second kappa shape index (κ2) is 7.45. The summed E-state index contributed by atoms with van der Waals surface area (Å²) in [5.41, 5.74) is 6.27. The van der Waals surface area contributed by atoms with Gasteiger partial charge in [0, 0.05) is 22.5 Å². The van der Waals surface area contributed by atoms with E-state index in [0.717, 1.165) is 5.56 Å². The molecule has 7 heteroatoms. The van der Waals surface area contributed by atoms with Gasteiger partial charge in [0.2, 0.25) is 5.91 Å². The van der Waals surface area contributed by atoms with E-state index in [1.165, 1.54) is 0 Å². The number of rotatable bonds is 6. The van der Waals surface area contributed by atoms with Gasteiger partial charge in [0.15, 0.2) is 0 Å². The highest BCUT2D eigenvalue weighted by Crippen LogP contribution is 2.22. The minimum absolute atomic E-state index is 0.0793. The molecule has 1 aromatic heterocycles. The maximum absolute atomic E-state index is 11.7. The molecular formula is C14H16Cl2N4O. The number of nitrogens with one attached hydrogen (secondary N) is 1. The third-order valence-electron chi connectivity index (χ3n) is 2.93. The largest absolute Gasteiger partial charge is 0.330 e. The van der Waals surface area contributed by atoms with Gasteiger partial charge in [-0.05, 0) is 30.7 Å². The SMILES string of the molecule is NCCCC(=O)Nc1ccnn1Cc1ccc(Cl)cc1Cl. The van der Waals surface area contributed by atoms with Gasteiger partial charge in [-0.2, -0.15) is 5.10 Å². The average Bonchev–Trinajstić information content (AvgIpc) is 2.87. The van der Waals surface area contributed by atoms with Crippen molar-refractivity contribution in [2.24, 2.45) is 5.73 Å². The predicted octanol–water partition coefficient (Wildman–Crippen LogP) is 2.92. The molecule has 2 aromatic rings. The third kappa shape index (κ3) is 4.46.